The normalized spacial score (nSPS) is 13.7. The van der Waals surface area contributed by atoms with Crippen LogP contribution in [0.25, 0.3) is 0 Å². The highest BCUT2D eigenvalue weighted by Crippen LogP contribution is 2.28. The second-order valence-electron chi connectivity index (χ2n) is 5.63. The zero-order valence-electron chi connectivity index (χ0n) is 11.4. The Labute approximate surface area is 114 Å². The van der Waals surface area contributed by atoms with Gasteiger partial charge in [-0.3, -0.25) is 0 Å². The Hall–Kier alpha value is -0.340. The summed E-state index contributed by atoms with van der Waals surface area (Å²) in [6.45, 7) is 10.2. The maximum atomic E-state index is 3.49. The van der Waals surface area contributed by atoms with E-state index in [1.807, 2.05) is 0 Å². The molecular formula is C15H24BrN. The van der Waals surface area contributed by atoms with Crippen molar-refractivity contribution in [2.75, 3.05) is 6.54 Å². The lowest BCUT2D eigenvalue weighted by atomic mass is 9.80. The Balaban J connectivity index is 2.56. The SMILES string of the molecule is CCNC(C)CC(C)(C)Cc1ccc(Br)cc1. The van der Waals surface area contributed by atoms with Crippen molar-refractivity contribution in [1.82, 2.24) is 5.32 Å². The van der Waals surface area contributed by atoms with Crippen molar-refractivity contribution in [2.45, 2.75) is 46.6 Å². The van der Waals surface area contributed by atoms with Gasteiger partial charge in [0.25, 0.3) is 0 Å². The molecule has 0 saturated heterocycles. The summed E-state index contributed by atoms with van der Waals surface area (Å²) in [5.41, 5.74) is 1.76. The number of nitrogens with one attached hydrogen (secondary N) is 1. The van der Waals surface area contributed by atoms with Gasteiger partial charge in [-0.2, -0.15) is 0 Å². The van der Waals surface area contributed by atoms with E-state index in [1.54, 1.807) is 0 Å². The van der Waals surface area contributed by atoms with Crippen molar-refractivity contribution < 1.29 is 0 Å². The van der Waals surface area contributed by atoms with E-state index in [0.29, 0.717) is 11.5 Å². The number of benzene rings is 1. The van der Waals surface area contributed by atoms with Crippen LogP contribution in [-0.4, -0.2) is 12.6 Å². The molecule has 1 unspecified atom stereocenters. The van der Waals surface area contributed by atoms with E-state index in [2.05, 4.69) is 73.2 Å². The summed E-state index contributed by atoms with van der Waals surface area (Å²) in [6, 6.07) is 9.26. The van der Waals surface area contributed by atoms with Gasteiger partial charge >= 0.3 is 0 Å². The Morgan fingerprint density at radius 1 is 1.24 bits per heavy atom. The average Bonchev–Trinajstić information content (AvgIpc) is 2.20. The fourth-order valence-corrected chi connectivity index (χ4v) is 2.74. The molecule has 0 aliphatic rings. The maximum Gasteiger partial charge on any atom is 0.0175 e. The molecule has 0 saturated carbocycles. The van der Waals surface area contributed by atoms with Crippen LogP contribution >= 0.6 is 15.9 Å². The Kier molecular flexibility index (Phi) is 5.68. The predicted octanol–water partition coefficient (Wildman–Crippen LogP) is 4.41. The van der Waals surface area contributed by atoms with E-state index in [-0.39, 0.29) is 0 Å². The second-order valence-corrected chi connectivity index (χ2v) is 6.55. The molecule has 0 spiro atoms. The van der Waals surface area contributed by atoms with Gasteiger partial charge in [0.2, 0.25) is 0 Å². The summed E-state index contributed by atoms with van der Waals surface area (Å²) in [5.74, 6) is 0. The molecule has 0 aliphatic carbocycles. The highest BCUT2D eigenvalue weighted by atomic mass is 79.9. The summed E-state index contributed by atoms with van der Waals surface area (Å²) in [6.07, 6.45) is 2.34. The Bertz CT molecular complexity index is 329. The third-order valence-electron chi connectivity index (χ3n) is 3.01. The Morgan fingerprint density at radius 3 is 2.35 bits per heavy atom. The van der Waals surface area contributed by atoms with Crippen LogP contribution < -0.4 is 5.32 Å². The van der Waals surface area contributed by atoms with Gasteiger partial charge in [-0.15, -0.1) is 0 Å². The standard InChI is InChI=1S/C15H24BrN/c1-5-17-12(2)10-15(3,4)11-13-6-8-14(16)9-7-13/h6-9,12,17H,5,10-11H2,1-4H3. The first-order valence-electron chi connectivity index (χ1n) is 6.41. The van der Waals surface area contributed by atoms with Gasteiger partial charge in [-0.05, 0) is 49.4 Å². The fraction of sp³-hybridized carbons (Fsp3) is 0.600. The largest absolute Gasteiger partial charge is 0.315 e. The average molecular weight is 298 g/mol. The predicted molar refractivity (Wildman–Crippen MR) is 79.4 cm³/mol. The van der Waals surface area contributed by atoms with Crippen LogP contribution in [0.2, 0.25) is 0 Å². The molecule has 0 amide bonds. The van der Waals surface area contributed by atoms with Crippen molar-refractivity contribution in [2.24, 2.45) is 5.41 Å². The Morgan fingerprint density at radius 2 is 1.82 bits per heavy atom. The zero-order valence-corrected chi connectivity index (χ0v) is 13.0. The van der Waals surface area contributed by atoms with Crippen LogP contribution in [0.1, 0.15) is 39.7 Å². The highest BCUT2D eigenvalue weighted by Gasteiger charge is 2.21. The molecular weight excluding hydrogens is 274 g/mol. The molecule has 0 aromatic heterocycles. The molecule has 1 aromatic carbocycles. The van der Waals surface area contributed by atoms with E-state index >= 15 is 0 Å². The molecule has 2 heteroatoms. The van der Waals surface area contributed by atoms with Crippen molar-refractivity contribution in [3.05, 3.63) is 34.3 Å². The van der Waals surface area contributed by atoms with E-state index < -0.39 is 0 Å². The van der Waals surface area contributed by atoms with E-state index in [1.165, 1.54) is 12.0 Å². The van der Waals surface area contributed by atoms with Crippen molar-refractivity contribution in [3.8, 4) is 0 Å². The van der Waals surface area contributed by atoms with Gasteiger partial charge in [0.05, 0.1) is 0 Å². The second kappa shape index (κ2) is 6.55. The van der Waals surface area contributed by atoms with E-state index in [4.69, 9.17) is 0 Å². The third-order valence-corrected chi connectivity index (χ3v) is 3.54. The molecule has 0 heterocycles. The first-order valence-corrected chi connectivity index (χ1v) is 7.20. The smallest absolute Gasteiger partial charge is 0.0175 e. The number of rotatable bonds is 6. The maximum absolute atomic E-state index is 3.49. The molecule has 1 aromatic rings. The monoisotopic (exact) mass is 297 g/mol. The van der Waals surface area contributed by atoms with Crippen LogP contribution in [0.4, 0.5) is 0 Å². The van der Waals surface area contributed by atoms with E-state index in [9.17, 15) is 0 Å². The molecule has 1 N–H and O–H groups in total. The quantitative estimate of drug-likeness (QED) is 0.820. The molecule has 96 valence electrons. The van der Waals surface area contributed by atoms with Crippen LogP contribution in [0, 0.1) is 5.41 Å². The van der Waals surface area contributed by atoms with Gasteiger partial charge in [0, 0.05) is 10.5 Å². The van der Waals surface area contributed by atoms with Crippen molar-refractivity contribution in [1.29, 1.82) is 0 Å². The van der Waals surface area contributed by atoms with E-state index in [0.717, 1.165) is 17.4 Å². The summed E-state index contributed by atoms with van der Waals surface area (Å²) < 4.78 is 1.15. The van der Waals surface area contributed by atoms with Crippen LogP contribution in [0.3, 0.4) is 0 Å². The molecule has 17 heavy (non-hydrogen) atoms. The number of hydrogen-bond donors (Lipinski definition) is 1. The molecule has 0 radical (unpaired) electrons. The molecule has 0 bridgehead atoms. The lowest BCUT2D eigenvalue weighted by molar-refractivity contribution is 0.289. The van der Waals surface area contributed by atoms with Gasteiger partial charge < -0.3 is 5.32 Å². The molecule has 1 nitrogen and oxygen atoms in total. The topological polar surface area (TPSA) is 12.0 Å². The lowest BCUT2D eigenvalue weighted by Crippen LogP contribution is -2.32. The summed E-state index contributed by atoms with van der Waals surface area (Å²) in [5, 5.41) is 3.49. The molecule has 0 aliphatic heterocycles. The van der Waals surface area contributed by atoms with Crippen LogP contribution in [0.5, 0.6) is 0 Å². The lowest BCUT2D eigenvalue weighted by Gasteiger charge is -2.28. The third kappa shape index (κ3) is 5.69. The highest BCUT2D eigenvalue weighted by molar-refractivity contribution is 9.10. The summed E-state index contributed by atoms with van der Waals surface area (Å²) in [7, 11) is 0. The van der Waals surface area contributed by atoms with Gasteiger partial charge in [0.1, 0.15) is 0 Å². The molecule has 1 atom stereocenters. The summed E-state index contributed by atoms with van der Waals surface area (Å²) in [4.78, 5) is 0. The fourth-order valence-electron chi connectivity index (χ4n) is 2.48. The minimum atomic E-state index is 0.343. The first kappa shape index (κ1) is 14.7. The minimum Gasteiger partial charge on any atom is -0.315 e. The van der Waals surface area contributed by atoms with Crippen LogP contribution in [0.15, 0.2) is 28.7 Å². The van der Waals surface area contributed by atoms with Crippen LogP contribution in [-0.2, 0) is 6.42 Å². The first-order chi connectivity index (χ1) is 7.93. The van der Waals surface area contributed by atoms with Gasteiger partial charge in [0.15, 0.2) is 0 Å². The number of halogens is 1. The van der Waals surface area contributed by atoms with Crippen molar-refractivity contribution >= 4 is 15.9 Å². The van der Waals surface area contributed by atoms with Gasteiger partial charge in [-0.25, -0.2) is 0 Å². The van der Waals surface area contributed by atoms with Crippen molar-refractivity contribution in [3.63, 3.8) is 0 Å². The molecule has 0 fully saturated rings. The molecule has 1 rings (SSSR count). The number of hydrogen-bond acceptors (Lipinski definition) is 1. The van der Waals surface area contributed by atoms with Gasteiger partial charge in [-0.1, -0.05) is 48.8 Å². The summed E-state index contributed by atoms with van der Waals surface area (Å²) >= 11 is 3.48. The minimum absolute atomic E-state index is 0.343. The zero-order chi connectivity index (χ0) is 12.9.